The van der Waals surface area contributed by atoms with Gasteiger partial charge in [-0.1, -0.05) is 30.3 Å². The molecular weight excluding hydrogens is 481 g/mol. The molecule has 1 heterocycles. The third-order valence-electron chi connectivity index (χ3n) is 5.63. The van der Waals surface area contributed by atoms with Gasteiger partial charge >= 0.3 is 6.18 Å². The van der Waals surface area contributed by atoms with Crippen LogP contribution in [0.15, 0.2) is 66.3 Å². The minimum Gasteiger partial charge on any atom is -0.495 e. The largest absolute Gasteiger partial charge is 0.495 e. The predicted octanol–water partition coefficient (Wildman–Crippen LogP) is 8.15. The van der Waals surface area contributed by atoms with Crippen LogP contribution in [0.5, 0.6) is 0 Å². The number of benzene rings is 2. The van der Waals surface area contributed by atoms with E-state index in [1.165, 1.54) is 24.9 Å². The van der Waals surface area contributed by atoms with Gasteiger partial charge in [-0.2, -0.15) is 13.2 Å². The fourth-order valence-corrected chi connectivity index (χ4v) is 5.03. The lowest BCUT2D eigenvalue weighted by Gasteiger charge is -2.16. The molecule has 0 amide bonds. The van der Waals surface area contributed by atoms with Crippen molar-refractivity contribution in [3.05, 3.63) is 94.5 Å². The lowest BCUT2D eigenvalue weighted by molar-refractivity contribution is -0.137. The Kier molecular flexibility index (Phi) is 7.33. The molecule has 0 N–H and O–H groups in total. The number of thioether (sulfide) groups is 1. The molecule has 0 saturated heterocycles. The summed E-state index contributed by atoms with van der Waals surface area (Å²) in [5.41, 5.74) is 3.89. The molecule has 3 nitrogen and oxygen atoms in total. The molecule has 0 radical (unpaired) electrons. The molecule has 0 aliphatic heterocycles. The van der Waals surface area contributed by atoms with Crippen molar-refractivity contribution in [1.29, 1.82) is 0 Å². The highest BCUT2D eigenvalue weighted by Crippen LogP contribution is 2.44. The number of hydrogen-bond acceptors (Lipinski definition) is 4. The fourth-order valence-electron chi connectivity index (χ4n) is 3.88. The Labute approximate surface area is 205 Å². The first-order valence-electron chi connectivity index (χ1n) is 10.6. The van der Waals surface area contributed by atoms with Crippen LogP contribution < -0.4 is 0 Å². The number of rotatable bonds is 7. The minimum absolute atomic E-state index is 0.382. The number of nitrogens with zero attached hydrogens (tertiary/aromatic N) is 2. The van der Waals surface area contributed by atoms with Crippen LogP contribution >= 0.6 is 23.4 Å². The van der Waals surface area contributed by atoms with Crippen molar-refractivity contribution in [3.63, 3.8) is 0 Å². The van der Waals surface area contributed by atoms with Crippen molar-refractivity contribution < 1.29 is 17.9 Å². The van der Waals surface area contributed by atoms with Gasteiger partial charge in [0.1, 0.15) is 11.5 Å². The summed E-state index contributed by atoms with van der Waals surface area (Å²) < 4.78 is 46.0. The Morgan fingerprint density at radius 3 is 2.53 bits per heavy atom. The summed E-state index contributed by atoms with van der Waals surface area (Å²) in [5.74, 6) is 0.994. The SMILES string of the molecule is C=C(OC)c1cncc(C2=C(c3cc(C(F)(F)F)ccc3SCc3ccc(Cl)cc3)CCC2)n1. The quantitative estimate of drug-likeness (QED) is 0.241. The van der Waals surface area contributed by atoms with Crippen LogP contribution in [0.25, 0.3) is 16.9 Å². The van der Waals surface area contributed by atoms with Crippen molar-refractivity contribution in [3.8, 4) is 0 Å². The Bertz CT molecular complexity index is 1240. The molecule has 0 spiro atoms. The summed E-state index contributed by atoms with van der Waals surface area (Å²) in [6.45, 7) is 3.82. The fraction of sp³-hybridized carbons (Fsp3) is 0.231. The first-order chi connectivity index (χ1) is 16.3. The molecule has 1 aromatic heterocycles. The van der Waals surface area contributed by atoms with E-state index in [9.17, 15) is 13.2 Å². The molecule has 0 saturated carbocycles. The summed E-state index contributed by atoms with van der Waals surface area (Å²) in [7, 11) is 1.50. The third-order valence-corrected chi connectivity index (χ3v) is 7.03. The number of alkyl halides is 3. The standard InChI is InChI=1S/C26H22ClF3N2OS/c1-16(33-2)23-13-31-14-24(32-23)21-5-3-4-20(21)22-12-18(26(28,29)30)8-11-25(22)34-15-17-6-9-19(27)10-7-17/h6-14H,1,3-5,15H2,2H3. The Morgan fingerprint density at radius 2 is 1.82 bits per heavy atom. The molecule has 0 bridgehead atoms. The van der Waals surface area contributed by atoms with E-state index in [0.29, 0.717) is 46.3 Å². The van der Waals surface area contributed by atoms with Gasteiger partial charge in [0.25, 0.3) is 0 Å². The van der Waals surface area contributed by atoms with Crippen LogP contribution in [0.3, 0.4) is 0 Å². The normalized spacial score (nSPS) is 13.9. The highest BCUT2D eigenvalue weighted by molar-refractivity contribution is 7.98. The molecule has 176 valence electrons. The van der Waals surface area contributed by atoms with Crippen molar-refractivity contribution in [2.75, 3.05) is 7.11 Å². The second kappa shape index (κ2) is 10.2. The summed E-state index contributed by atoms with van der Waals surface area (Å²) in [6.07, 6.45) is 0.985. The molecule has 0 atom stereocenters. The maximum atomic E-state index is 13.6. The van der Waals surface area contributed by atoms with Gasteiger partial charge in [-0.25, -0.2) is 4.98 Å². The van der Waals surface area contributed by atoms with Crippen LogP contribution in [-0.2, 0) is 16.7 Å². The molecule has 8 heteroatoms. The van der Waals surface area contributed by atoms with Crippen LogP contribution in [0.4, 0.5) is 13.2 Å². The third kappa shape index (κ3) is 5.47. The lowest BCUT2D eigenvalue weighted by Crippen LogP contribution is -2.06. The summed E-state index contributed by atoms with van der Waals surface area (Å²) in [6, 6.07) is 11.4. The van der Waals surface area contributed by atoms with Crippen LogP contribution in [-0.4, -0.2) is 17.1 Å². The number of hydrogen-bond donors (Lipinski definition) is 0. The Morgan fingerprint density at radius 1 is 1.09 bits per heavy atom. The van der Waals surface area contributed by atoms with E-state index in [4.69, 9.17) is 16.3 Å². The predicted molar refractivity (Wildman–Crippen MR) is 131 cm³/mol. The number of ether oxygens (including phenoxy) is 1. The van der Waals surface area contributed by atoms with E-state index in [0.717, 1.165) is 34.1 Å². The van der Waals surface area contributed by atoms with Gasteiger partial charge in [0.05, 0.1) is 30.8 Å². The molecule has 1 aliphatic rings. The number of allylic oxidation sites excluding steroid dienone is 2. The smallest absolute Gasteiger partial charge is 0.416 e. The maximum absolute atomic E-state index is 13.6. The zero-order valence-electron chi connectivity index (χ0n) is 18.5. The van der Waals surface area contributed by atoms with Gasteiger partial charge in [0, 0.05) is 15.7 Å². The summed E-state index contributed by atoms with van der Waals surface area (Å²) in [5, 5.41) is 0.643. The lowest BCUT2D eigenvalue weighted by atomic mass is 9.98. The highest BCUT2D eigenvalue weighted by Gasteiger charge is 2.32. The second-order valence-electron chi connectivity index (χ2n) is 7.85. The average molecular weight is 503 g/mol. The van der Waals surface area contributed by atoms with Gasteiger partial charge in [0.15, 0.2) is 0 Å². The average Bonchev–Trinajstić information content (AvgIpc) is 3.32. The molecular formula is C26H22ClF3N2OS. The van der Waals surface area contributed by atoms with Gasteiger partial charge in [-0.3, -0.25) is 4.98 Å². The zero-order valence-corrected chi connectivity index (χ0v) is 20.0. The van der Waals surface area contributed by atoms with Gasteiger partial charge in [-0.15, -0.1) is 11.8 Å². The van der Waals surface area contributed by atoms with E-state index >= 15 is 0 Å². The number of halogens is 4. The van der Waals surface area contributed by atoms with E-state index in [-0.39, 0.29) is 0 Å². The van der Waals surface area contributed by atoms with Gasteiger partial charge in [0.2, 0.25) is 0 Å². The summed E-state index contributed by atoms with van der Waals surface area (Å²) in [4.78, 5) is 9.67. The van der Waals surface area contributed by atoms with Crippen molar-refractivity contribution in [1.82, 2.24) is 9.97 Å². The van der Waals surface area contributed by atoms with Gasteiger partial charge < -0.3 is 4.74 Å². The number of methoxy groups -OCH3 is 1. The summed E-state index contributed by atoms with van der Waals surface area (Å²) >= 11 is 7.48. The van der Waals surface area contributed by atoms with E-state index in [1.54, 1.807) is 18.5 Å². The van der Waals surface area contributed by atoms with Crippen LogP contribution in [0.2, 0.25) is 5.02 Å². The molecule has 0 unspecified atom stereocenters. The molecule has 3 aromatic rings. The molecule has 0 fully saturated rings. The Balaban J connectivity index is 1.77. The minimum atomic E-state index is -4.43. The zero-order chi connectivity index (χ0) is 24.3. The van der Waals surface area contributed by atoms with Crippen LogP contribution in [0.1, 0.15) is 47.3 Å². The molecule has 4 rings (SSSR count). The van der Waals surface area contributed by atoms with Gasteiger partial charge in [-0.05, 0) is 71.9 Å². The second-order valence-corrected chi connectivity index (χ2v) is 9.30. The van der Waals surface area contributed by atoms with E-state index in [2.05, 4.69) is 16.5 Å². The van der Waals surface area contributed by atoms with Crippen LogP contribution in [0, 0.1) is 0 Å². The van der Waals surface area contributed by atoms with Crippen molar-refractivity contribution in [2.45, 2.75) is 36.1 Å². The van der Waals surface area contributed by atoms with Crippen molar-refractivity contribution in [2.24, 2.45) is 0 Å². The molecule has 1 aliphatic carbocycles. The van der Waals surface area contributed by atoms with E-state index < -0.39 is 11.7 Å². The Hall–Kier alpha value is -2.77. The first kappa shape index (κ1) is 24.4. The topological polar surface area (TPSA) is 35.0 Å². The maximum Gasteiger partial charge on any atom is 0.416 e. The van der Waals surface area contributed by atoms with Crippen molar-refractivity contribution >= 4 is 40.3 Å². The van der Waals surface area contributed by atoms with E-state index in [1.807, 2.05) is 24.3 Å². The number of aromatic nitrogens is 2. The molecule has 2 aromatic carbocycles. The molecule has 34 heavy (non-hydrogen) atoms. The monoisotopic (exact) mass is 502 g/mol. The first-order valence-corrected chi connectivity index (χ1v) is 12.0. The highest BCUT2D eigenvalue weighted by atomic mass is 35.5.